The van der Waals surface area contributed by atoms with Gasteiger partial charge in [-0.05, 0) is 30.5 Å². The maximum absolute atomic E-state index is 12.6. The van der Waals surface area contributed by atoms with E-state index in [2.05, 4.69) is 25.4 Å². The van der Waals surface area contributed by atoms with E-state index in [4.69, 9.17) is 38.8 Å². The van der Waals surface area contributed by atoms with Crippen LogP contribution in [0.4, 0.5) is 35.4 Å². The summed E-state index contributed by atoms with van der Waals surface area (Å²) in [5, 5.41) is 25.9. The Morgan fingerprint density at radius 2 is 1.82 bits per heavy atom. The molecular weight excluding hydrogens is 698 g/mol. The number of carboxylic acid groups (broad SMARTS) is 1. The Morgan fingerprint density at radius 3 is 2.33 bits per heavy atom. The maximum atomic E-state index is 12.6. The second-order valence-corrected chi connectivity index (χ2v) is 11.4. The monoisotopic (exact) mass is 713 g/mol. The molecular formula is C21H16Cl2F3N9O8S2. The number of nitrogen functional groups attached to an aromatic ring is 1. The number of urea groups is 1. The van der Waals surface area contributed by atoms with Crippen molar-refractivity contribution in [2.75, 3.05) is 18.2 Å². The molecule has 1 aromatic carbocycles. The lowest BCUT2D eigenvalue weighted by Crippen LogP contribution is -2.35. The van der Waals surface area contributed by atoms with Crippen molar-refractivity contribution in [2.24, 2.45) is 0 Å². The van der Waals surface area contributed by atoms with E-state index in [1.807, 2.05) is 0 Å². The number of sulfonamides is 1. The number of carbonyl (C=O) groups is 2. The third-order valence-corrected chi connectivity index (χ3v) is 7.99. The number of aromatic nitrogens is 5. The van der Waals surface area contributed by atoms with E-state index in [0.717, 1.165) is 28.3 Å². The number of alkyl halides is 3. The van der Waals surface area contributed by atoms with Gasteiger partial charge in [0.2, 0.25) is 11.8 Å². The summed E-state index contributed by atoms with van der Waals surface area (Å²) in [6.45, 7) is 1.52. The summed E-state index contributed by atoms with van der Waals surface area (Å²) in [5.41, 5.74) is 3.78. The minimum atomic E-state index is -4.63. The fraction of sp³-hybridized carbons (Fsp3) is 0.143. The smallest absolute Gasteiger partial charge is 0.416 e. The van der Waals surface area contributed by atoms with Crippen LogP contribution >= 0.6 is 34.5 Å². The highest BCUT2D eigenvalue weighted by atomic mass is 35.5. The number of amides is 2. The molecule has 24 heteroatoms. The summed E-state index contributed by atoms with van der Waals surface area (Å²) in [6, 6.07) is 1.13. The topological polar surface area (TPSA) is 247 Å². The molecule has 0 unspecified atom stereocenters. The third kappa shape index (κ3) is 8.23. The van der Waals surface area contributed by atoms with Gasteiger partial charge in [0.05, 0.1) is 27.6 Å². The van der Waals surface area contributed by atoms with Crippen molar-refractivity contribution in [1.29, 1.82) is 0 Å². The first-order valence-corrected chi connectivity index (χ1v) is 14.4. The van der Waals surface area contributed by atoms with Crippen LogP contribution in [0.25, 0.3) is 5.69 Å². The Bertz CT molecular complexity index is 1880. The molecule has 240 valence electrons. The molecule has 4 aromatic rings. The summed E-state index contributed by atoms with van der Waals surface area (Å²) >= 11 is 12.3. The number of thiophene rings is 1. The van der Waals surface area contributed by atoms with Crippen LogP contribution in [0.3, 0.4) is 0 Å². The molecule has 0 atom stereocenters. The number of nitrogens with one attached hydrogen (secondary N) is 2. The van der Waals surface area contributed by atoms with Crippen LogP contribution in [0.15, 0.2) is 34.7 Å². The number of hydrogen-bond acceptors (Lipinski definition) is 13. The molecule has 0 spiro atoms. The lowest BCUT2D eigenvalue weighted by atomic mass is 10.2. The quantitative estimate of drug-likeness (QED) is 0.155. The minimum Gasteiger partial charge on any atom is -0.477 e. The van der Waals surface area contributed by atoms with Crippen LogP contribution in [-0.2, 0) is 16.2 Å². The normalized spacial score (nSPS) is 11.3. The van der Waals surface area contributed by atoms with E-state index < -0.39 is 60.0 Å². The standard InChI is InChI=1S/C11H11N5O6S2.C10H5Cl2F3N4O2/c1-5-12-9(15-11(13-5)22-2)14-10(19)16-24(20,21)6-3-4-23-7(6)8(17)18;11-5-1-4(10(13,14)15)2-6(12)8(5)18-9(16)7(3-17-18)19(20)21/h3-4H,1-2H3,(H,17,18)(H2,12,13,14,15,16,19);1-3H,16H2. The first-order valence-electron chi connectivity index (χ1n) is 11.3. The van der Waals surface area contributed by atoms with Crippen LogP contribution in [0.2, 0.25) is 10.0 Å². The molecule has 3 aromatic heterocycles. The average Bonchev–Trinajstić information content (AvgIpc) is 3.56. The zero-order valence-electron chi connectivity index (χ0n) is 22.2. The fourth-order valence-electron chi connectivity index (χ4n) is 3.17. The van der Waals surface area contributed by atoms with Gasteiger partial charge in [-0.25, -0.2) is 27.4 Å². The van der Waals surface area contributed by atoms with Crippen LogP contribution in [-0.4, -0.2) is 62.3 Å². The van der Waals surface area contributed by atoms with E-state index in [9.17, 15) is 41.3 Å². The first-order chi connectivity index (χ1) is 20.8. The molecule has 0 saturated heterocycles. The molecule has 0 aliphatic rings. The summed E-state index contributed by atoms with van der Waals surface area (Å²) < 4.78 is 69.4. The molecule has 5 N–H and O–H groups in total. The molecule has 0 bridgehead atoms. The number of benzene rings is 1. The van der Waals surface area contributed by atoms with E-state index in [1.165, 1.54) is 19.4 Å². The number of methoxy groups -OCH3 is 1. The van der Waals surface area contributed by atoms with Gasteiger partial charge in [-0.15, -0.1) is 11.3 Å². The van der Waals surface area contributed by atoms with Crippen molar-refractivity contribution in [2.45, 2.75) is 18.0 Å². The highest BCUT2D eigenvalue weighted by Gasteiger charge is 2.33. The van der Waals surface area contributed by atoms with E-state index in [0.29, 0.717) is 12.1 Å². The van der Waals surface area contributed by atoms with Gasteiger partial charge >= 0.3 is 29.9 Å². The number of anilines is 2. The predicted molar refractivity (Wildman–Crippen MR) is 151 cm³/mol. The number of rotatable bonds is 7. The van der Waals surface area contributed by atoms with Crippen molar-refractivity contribution in [1.82, 2.24) is 29.5 Å². The van der Waals surface area contributed by atoms with Crippen molar-refractivity contribution >= 4 is 74.0 Å². The number of aromatic carboxylic acids is 1. The number of ether oxygens (including phenoxy) is 1. The van der Waals surface area contributed by atoms with Crippen molar-refractivity contribution in [3.63, 3.8) is 0 Å². The SMILES string of the molecule is COc1nc(C)nc(NC(=O)NS(=O)(=O)c2ccsc2C(=O)O)n1.Nc1c([N+](=O)[O-])cnn1-c1c(Cl)cc(C(F)(F)F)cc1Cl. The van der Waals surface area contributed by atoms with Crippen molar-refractivity contribution < 1.29 is 45.9 Å². The highest BCUT2D eigenvalue weighted by Crippen LogP contribution is 2.39. The number of nitrogens with zero attached hydrogens (tertiary/aromatic N) is 6. The minimum absolute atomic E-state index is 0.0633. The number of nitrogens with two attached hydrogens (primary N) is 1. The van der Waals surface area contributed by atoms with Gasteiger partial charge in [-0.3, -0.25) is 15.4 Å². The Morgan fingerprint density at radius 1 is 1.20 bits per heavy atom. The average molecular weight is 714 g/mol. The molecule has 0 aliphatic carbocycles. The van der Waals surface area contributed by atoms with Gasteiger partial charge in [-0.2, -0.15) is 33.2 Å². The number of carbonyl (C=O) groups excluding carboxylic acids is 1. The van der Waals surface area contributed by atoms with Crippen LogP contribution in [0.5, 0.6) is 6.01 Å². The number of hydrogen-bond donors (Lipinski definition) is 4. The van der Waals surface area contributed by atoms with Gasteiger partial charge in [0.15, 0.2) is 0 Å². The molecule has 4 rings (SSSR count). The summed E-state index contributed by atoms with van der Waals surface area (Å²) in [4.78, 5) is 43.1. The molecule has 0 saturated carbocycles. The summed E-state index contributed by atoms with van der Waals surface area (Å²) in [6.07, 6.45) is -3.78. The Kier molecular flexibility index (Phi) is 10.4. The molecule has 3 heterocycles. The second-order valence-electron chi connectivity index (χ2n) is 8.04. The number of halogens is 5. The summed E-state index contributed by atoms with van der Waals surface area (Å²) in [7, 11) is -3.06. The Balaban J connectivity index is 0.000000248. The van der Waals surface area contributed by atoms with Gasteiger partial charge < -0.3 is 15.6 Å². The van der Waals surface area contributed by atoms with Crippen LogP contribution < -0.4 is 20.5 Å². The molecule has 2 amide bonds. The predicted octanol–water partition coefficient (Wildman–Crippen LogP) is 4.15. The van der Waals surface area contributed by atoms with Gasteiger partial charge in [-0.1, -0.05) is 23.2 Å². The fourth-order valence-corrected chi connectivity index (χ4v) is 5.99. The zero-order chi connectivity index (χ0) is 33.9. The molecule has 0 radical (unpaired) electrons. The molecule has 0 aliphatic heterocycles. The summed E-state index contributed by atoms with van der Waals surface area (Å²) in [5.74, 6) is -1.80. The number of aryl methyl sites for hydroxylation is 1. The van der Waals surface area contributed by atoms with Crippen LogP contribution in [0.1, 0.15) is 21.1 Å². The van der Waals surface area contributed by atoms with E-state index >= 15 is 0 Å². The first kappa shape index (κ1) is 34.7. The van der Waals surface area contributed by atoms with Crippen molar-refractivity contribution in [3.8, 4) is 11.7 Å². The molecule has 17 nitrogen and oxygen atoms in total. The van der Waals surface area contributed by atoms with Gasteiger partial charge in [0, 0.05) is 0 Å². The zero-order valence-corrected chi connectivity index (χ0v) is 25.3. The second kappa shape index (κ2) is 13.5. The lowest BCUT2D eigenvalue weighted by Gasteiger charge is -2.12. The Labute approximate surface area is 263 Å². The van der Waals surface area contributed by atoms with Gasteiger partial charge in [0.25, 0.3) is 10.0 Å². The van der Waals surface area contributed by atoms with Crippen LogP contribution in [0, 0.1) is 17.0 Å². The largest absolute Gasteiger partial charge is 0.477 e. The van der Waals surface area contributed by atoms with E-state index in [-0.39, 0.29) is 33.5 Å². The molecule has 45 heavy (non-hydrogen) atoms. The Hall–Kier alpha value is -4.80. The van der Waals surface area contributed by atoms with Crippen molar-refractivity contribution in [3.05, 3.63) is 66.2 Å². The molecule has 0 fully saturated rings. The number of carboxylic acids is 1. The number of nitro groups is 1. The van der Waals surface area contributed by atoms with Gasteiger partial charge in [0.1, 0.15) is 27.5 Å². The maximum Gasteiger partial charge on any atom is 0.416 e. The lowest BCUT2D eigenvalue weighted by molar-refractivity contribution is -0.383. The third-order valence-electron chi connectivity index (χ3n) is 5.01. The van der Waals surface area contributed by atoms with E-state index in [1.54, 1.807) is 4.72 Å². The highest BCUT2D eigenvalue weighted by molar-refractivity contribution is 7.90.